The second-order valence-corrected chi connectivity index (χ2v) is 7.21. The summed E-state index contributed by atoms with van der Waals surface area (Å²) in [7, 11) is 1.55. The Hall–Kier alpha value is -1.25. The van der Waals surface area contributed by atoms with Crippen molar-refractivity contribution in [1.29, 1.82) is 0 Å². The zero-order valence-electron chi connectivity index (χ0n) is 16.6. The molecule has 25 heavy (non-hydrogen) atoms. The Morgan fingerprint density at radius 3 is 1.76 bits per heavy atom. The van der Waals surface area contributed by atoms with Gasteiger partial charge in [0.15, 0.2) is 5.75 Å². The van der Waals surface area contributed by atoms with Gasteiger partial charge in [0.05, 0.1) is 13.3 Å². The molecule has 0 N–H and O–H groups in total. The summed E-state index contributed by atoms with van der Waals surface area (Å²) in [5, 5.41) is 0. The summed E-state index contributed by atoms with van der Waals surface area (Å²) in [6.07, 6.45) is 23.0. The molecular formula is C22H39NO2. The number of methoxy groups -OCH3 is 1. The van der Waals surface area contributed by atoms with Crippen molar-refractivity contribution in [2.45, 2.75) is 103 Å². The van der Waals surface area contributed by atoms with Gasteiger partial charge in [-0.25, -0.2) is 0 Å². The van der Waals surface area contributed by atoms with Crippen LogP contribution in [-0.4, -0.2) is 11.7 Å². The van der Waals surface area contributed by atoms with Gasteiger partial charge >= 0.3 is 0 Å². The molecule has 3 heteroatoms. The Labute approximate surface area is 154 Å². The summed E-state index contributed by atoms with van der Waals surface area (Å²) >= 11 is 0. The first kappa shape index (κ1) is 21.8. The molecule has 0 radical (unpaired) electrons. The summed E-state index contributed by atoms with van der Waals surface area (Å²) in [6.45, 7) is 3.25. The average molecular weight is 350 g/mol. The molecule has 0 saturated carbocycles. The lowest BCUT2D eigenvalue weighted by Gasteiger charge is -2.08. The Bertz CT molecular complexity index is 481. The third kappa shape index (κ3) is 11.1. The fourth-order valence-corrected chi connectivity index (χ4v) is 3.28. The van der Waals surface area contributed by atoms with E-state index in [-0.39, 0.29) is 5.43 Å². The van der Waals surface area contributed by atoms with Crippen molar-refractivity contribution in [2.24, 2.45) is 0 Å². The molecule has 0 aliphatic heterocycles. The predicted octanol–water partition coefficient (Wildman–Crippen LogP) is 6.34. The summed E-state index contributed by atoms with van der Waals surface area (Å²) in [4.78, 5) is 11.5. The molecule has 0 aromatic carbocycles. The Morgan fingerprint density at radius 1 is 0.800 bits per heavy atom. The first-order valence-corrected chi connectivity index (χ1v) is 10.5. The minimum atomic E-state index is -0.0419. The van der Waals surface area contributed by atoms with Crippen LogP contribution >= 0.6 is 0 Å². The molecule has 0 saturated heterocycles. The zero-order valence-corrected chi connectivity index (χ0v) is 16.6. The van der Waals surface area contributed by atoms with Crippen LogP contribution in [0, 0.1) is 0 Å². The van der Waals surface area contributed by atoms with Crippen LogP contribution in [0.25, 0.3) is 0 Å². The van der Waals surface area contributed by atoms with E-state index in [0.717, 1.165) is 6.54 Å². The highest BCUT2D eigenvalue weighted by molar-refractivity contribution is 5.16. The van der Waals surface area contributed by atoms with Crippen molar-refractivity contribution < 1.29 is 4.74 Å². The molecule has 1 aromatic rings. The summed E-state index contributed by atoms with van der Waals surface area (Å²) in [5.41, 5.74) is -0.0419. The van der Waals surface area contributed by atoms with Crippen LogP contribution in [0.4, 0.5) is 0 Å². The van der Waals surface area contributed by atoms with Crippen molar-refractivity contribution in [3.05, 3.63) is 28.7 Å². The first-order valence-electron chi connectivity index (χ1n) is 10.5. The normalized spacial score (nSPS) is 11.0. The molecule has 0 fully saturated rings. The number of aromatic nitrogens is 1. The van der Waals surface area contributed by atoms with Gasteiger partial charge in [0.2, 0.25) is 5.43 Å². The Kier molecular flexibility index (Phi) is 13.1. The van der Waals surface area contributed by atoms with E-state index in [1.807, 2.05) is 12.4 Å². The monoisotopic (exact) mass is 349 g/mol. The summed E-state index contributed by atoms with van der Waals surface area (Å²) in [6, 6.07) is 1.59. The Morgan fingerprint density at radius 2 is 1.28 bits per heavy atom. The average Bonchev–Trinajstić information content (AvgIpc) is 2.63. The minimum Gasteiger partial charge on any atom is -0.491 e. The molecule has 0 unspecified atom stereocenters. The Balaban J connectivity index is 1.88. The molecule has 1 heterocycles. The van der Waals surface area contributed by atoms with Crippen molar-refractivity contribution in [1.82, 2.24) is 4.57 Å². The van der Waals surface area contributed by atoms with Crippen molar-refractivity contribution in [2.75, 3.05) is 7.11 Å². The fourth-order valence-electron chi connectivity index (χ4n) is 3.28. The number of ether oxygens (including phenoxy) is 1. The number of hydrogen-bond donors (Lipinski definition) is 0. The van der Waals surface area contributed by atoms with Gasteiger partial charge in [-0.15, -0.1) is 0 Å². The van der Waals surface area contributed by atoms with Crippen molar-refractivity contribution >= 4 is 0 Å². The first-order chi connectivity index (χ1) is 12.3. The molecule has 0 bridgehead atoms. The van der Waals surface area contributed by atoms with E-state index in [1.54, 1.807) is 13.2 Å². The minimum absolute atomic E-state index is 0.0419. The fraction of sp³-hybridized carbons (Fsp3) is 0.773. The van der Waals surface area contributed by atoms with Gasteiger partial charge in [0.1, 0.15) is 0 Å². The van der Waals surface area contributed by atoms with Crippen molar-refractivity contribution in [3.8, 4) is 5.75 Å². The van der Waals surface area contributed by atoms with E-state index in [0.29, 0.717) is 5.75 Å². The quantitative estimate of drug-likeness (QED) is 0.326. The maximum absolute atomic E-state index is 11.5. The number of hydrogen-bond acceptors (Lipinski definition) is 2. The van der Waals surface area contributed by atoms with Gasteiger partial charge in [-0.2, -0.15) is 0 Å². The van der Waals surface area contributed by atoms with Crippen LogP contribution in [0.15, 0.2) is 23.3 Å². The molecule has 144 valence electrons. The highest BCUT2D eigenvalue weighted by atomic mass is 16.5. The van der Waals surface area contributed by atoms with Gasteiger partial charge in [0, 0.05) is 18.8 Å². The lowest BCUT2D eigenvalue weighted by atomic mass is 10.0. The third-order valence-corrected chi connectivity index (χ3v) is 4.93. The SMILES string of the molecule is CCCCCCCCCCCCCCCCn1ccc(=O)c(OC)c1. The maximum atomic E-state index is 11.5. The van der Waals surface area contributed by atoms with Gasteiger partial charge in [-0.3, -0.25) is 4.79 Å². The van der Waals surface area contributed by atoms with Crippen LogP contribution in [0.2, 0.25) is 0 Å². The highest BCUT2D eigenvalue weighted by Crippen LogP contribution is 2.13. The van der Waals surface area contributed by atoms with E-state index < -0.39 is 0 Å². The number of rotatable bonds is 16. The maximum Gasteiger partial charge on any atom is 0.223 e. The van der Waals surface area contributed by atoms with E-state index in [1.165, 1.54) is 89.9 Å². The number of aryl methyl sites for hydroxylation is 1. The lowest BCUT2D eigenvalue weighted by Crippen LogP contribution is -2.08. The highest BCUT2D eigenvalue weighted by Gasteiger charge is 1.99. The molecule has 0 atom stereocenters. The van der Waals surface area contributed by atoms with Crippen molar-refractivity contribution in [3.63, 3.8) is 0 Å². The topological polar surface area (TPSA) is 31.2 Å². The molecule has 3 nitrogen and oxygen atoms in total. The molecule has 0 aliphatic carbocycles. The zero-order chi connectivity index (χ0) is 18.2. The largest absolute Gasteiger partial charge is 0.491 e. The smallest absolute Gasteiger partial charge is 0.223 e. The van der Waals surface area contributed by atoms with Crippen LogP contribution in [0.5, 0.6) is 5.75 Å². The summed E-state index contributed by atoms with van der Waals surface area (Å²) in [5.74, 6) is 0.438. The van der Waals surface area contributed by atoms with E-state index in [9.17, 15) is 4.79 Å². The molecule has 0 spiro atoms. The summed E-state index contributed by atoms with van der Waals surface area (Å²) < 4.78 is 7.13. The second kappa shape index (κ2) is 15.0. The van der Waals surface area contributed by atoms with Gasteiger partial charge < -0.3 is 9.30 Å². The molecular weight excluding hydrogens is 310 g/mol. The molecule has 1 rings (SSSR count). The van der Waals surface area contributed by atoms with Crippen LogP contribution < -0.4 is 10.2 Å². The molecule has 1 aromatic heterocycles. The third-order valence-electron chi connectivity index (χ3n) is 4.93. The number of unbranched alkanes of at least 4 members (excludes halogenated alkanes) is 13. The van der Waals surface area contributed by atoms with E-state index in [4.69, 9.17) is 4.74 Å². The standard InChI is InChI=1S/C22H39NO2/c1-3-4-5-6-7-8-9-10-11-12-13-14-15-16-18-23-19-17-21(24)22(20-23)25-2/h17,19-20H,3-16,18H2,1-2H3. The number of pyridine rings is 1. The predicted molar refractivity (Wildman–Crippen MR) is 108 cm³/mol. The van der Waals surface area contributed by atoms with Crippen LogP contribution in [-0.2, 0) is 6.54 Å². The van der Waals surface area contributed by atoms with E-state index in [2.05, 4.69) is 11.5 Å². The second-order valence-electron chi connectivity index (χ2n) is 7.21. The molecule has 0 amide bonds. The van der Waals surface area contributed by atoms with Gasteiger partial charge in [-0.05, 0) is 6.42 Å². The molecule has 0 aliphatic rings. The van der Waals surface area contributed by atoms with E-state index >= 15 is 0 Å². The van der Waals surface area contributed by atoms with Crippen LogP contribution in [0.3, 0.4) is 0 Å². The van der Waals surface area contributed by atoms with Crippen LogP contribution in [0.1, 0.15) is 96.8 Å². The number of nitrogens with zero attached hydrogens (tertiary/aromatic N) is 1. The van der Waals surface area contributed by atoms with Gasteiger partial charge in [0.25, 0.3) is 0 Å². The van der Waals surface area contributed by atoms with Gasteiger partial charge in [-0.1, -0.05) is 90.4 Å². The lowest BCUT2D eigenvalue weighted by molar-refractivity contribution is 0.403.